The SMILES string of the molecule is CC/C(=C(/c1ccc(OCCCC/C=C/C(=O)NC)nc1)c1ccc2[nH]cc(F)c2c1)c1ccccc1. The molecule has 0 aliphatic carbocycles. The van der Waals surface area contributed by atoms with Crippen LogP contribution in [0.15, 0.2) is 85.2 Å². The highest BCUT2D eigenvalue weighted by Crippen LogP contribution is 2.36. The first-order valence-electron chi connectivity index (χ1n) is 12.6. The zero-order chi connectivity index (χ0) is 26.0. The van der Waals surface area contributed by atoms with Crippen LogP contribution >= 0.6 is 0 Å². The van der Waals surface area contributed by atoms with Gasteiger partial charge in [-0.25, -0.2) is 9.37 Å². The highest BCUT2D eigenvalue weighted by atomic mass is 19.1. The Labute approximate surface area is 217 Å². The number of halogens is 1. The Kier molecular flexibility index (Phi) is 8.87. The average molecular weight is 498 g/mol. The van der Waals surface area contributed by atoms with Crippen LogP contribution in [0.3, 0.4) is 0 Å². The van der Waals surface area contributed by atoms with Gasteiger partial charge < -0.3 is 15.0 Å². The second kappa shape index (κ2) is 12.7. The number of nitrogens with zero attached hydrogens (tertiary/aromatic N) is 1. The first-order chi connectivity index (χ1) is 18.1. The lowest BCUT2D eigenvalue weighted by atomic mass is 9.88. The fourth-order valence-corrected chi connectivity index (χ4v) is 4.35. The molecule has 4 aromatic rings. The molecule has 0 fully saturated rings. The summed E-state index contributed by atoms with van der Waals surface area (Å²) in [6.07, 6.45) is 10.1. The minimum atomic E-state index is -0.264. The molecule has 2 N–H and O–H groups in total. The average Bonchev–Trinajstić information content (AvgIpc) is 3.31. The molecule has 2 heterocycles. The lowest BCUT2D eigenvalue weighted by molar-refractivity contribution is -0.116. The molecule has 37 heavy (non-hydrogen) atoms. The quantitative estimate of drug-likeness (QED) is 0.134. The van der Waals surface area contributed by atoms with Crippen molar-refractivity contribution in [3.05, 3.63) is 108 Å². The fraction of sp³-hybridized carbons (Fsp3) is 0.226. The number of ether oxygens (including phenoxy) is 1. The molecule has 4 rings (SSSR count). The Morgan fingerprint density at radius 3 is 2.59 bits per heavy atom. The maximum atomic E-state index is 14.4. The van der Waals surface area contributed by atoms with E-state index in [0.717, 1.165) is 59.0 Å². The topological polar surface area (TPSA) is 67.0 Å². The second-order valence-corrected chi connectivity index (χ2v) is 8.72. The number of likely N-dealkylation sites (N-methyl/N-ethyl adjacent to an activating group) is 1. The number of hydrogen-bond acceptors (Lipinski definition) is 3. The Morgan fingerprint density at radius 2 is 1.86 bits per heavy atom. The van der Waals surface area contributed by atoms with E-state index in [1.165, 1.54) is 6.20 Å². The minimum absolute atomic E-state index is 0.0920. The van der Waals surface area contributed by atoms with Gasteiger partial charge in [-0.15, -0.1) is 0 Å². The number of amides is 1. The van der Waals surface area contributed by atoms with Crippen LogP contribution < -0.4 is 10.1 Å². The first kappa shape index (κ1) is 25.9. The predicted octanol–water partition coefficient (Wildman–Crippen LogP) is 6.92. The van der Waals surface area contributed by atoms with Gasteiger partial charge in [0.2, 0.25) is 11.8 Å². The maximum absolute atomic E-state index is 14.4. The van der Waals surface area contributed by atoms with E-state index < -0.39 is 0 Å². The standard InChI is InChI=1S/C31H32FN3O2/c1-3-25(22-11-7-6-8-12-22)31(23-14-16-28-26(19-23)27(32)21-34-28)24-15-17-30(35-20-24)37-18-10-5-4-9-13-29(36)33-2/h6-9,11-17,19-21,34H,3-5,10,18H2,1-2H3,(H,33,36)/b13-9+,31-25-. The summed E-state index contributed by atoms with van der Waals surface area (Å²) in [5, 5.41) is 3.13. The highest BCUT2D eigenvalue weighted by molar-refractivity contribution is 6.00. The number of carbonyl (C=O) groups is 1. The van der Waals surface area contributed by atoms with E-state index >= 15 is 0 Å². The van der Waals surface area contributed by atoms with E-state index in [1.54, 1.807) is 13.1 Å². The number of aromatic amines is 1. The van der Waals surface area contributed by atoms with Gasteiger partial charge in [-0.05, 0) is 72.2 Å². The number of unbranched alkanes of at least 4 members (excludes halogenated alkanes) is 2. The van der Waals surface area contributed by atoms with Crippen LogP contribution in [0, 0.1) is 5.82 Å². The molecular formula is C31H32FN3O2. The smallest absolute Gasteiger partial charge is 0.243 e. The maximum Gasteiger partial charge on any atom is 0.243 e. The van der Waals surface area contributed by atoms with Gasteiger partial charge in [-0.1, -0.05) is 49.4 Å². The molecule has 5 nitrogen and oxygen atoms in total. The second-order valence-electron chi connectivity index (χ2n) is 8.72. The lowest BCUT2D eigenvalue weighted by Gasteiger charge is -2.16. The van der Waals surface area contributed by atoms with Gasteiger partial charge in [-0.3, -0.25) is 4.79 Å². The zero-order valence-electron chi connectivity index (χ0n) is 21.3. The lowest BCUT2D eigenvalue weighted by Crippen LogP contribution is -2.13. The van der Waals surface area contributed by atoms with Crippen molar-refractivity contribution >= 4 is 28.0 Å². The molecule has 0 aliphatic heterocycles. The summed E-state index contributed by atoms with van der Waals surface area (Å²) in [4.78, 5) is 18.7. The van der Waals surface area contributed by atoms with E-state index in [0.29, 0.717) is 17.9 Å². The van der Waals surface area contributed by atoms with Gasteiger partial charge in [0, 0.05) is 42.0 Å². The molecule has 190 valence electrons. The molecule has 0 unspecified atom stereocenters. The van der Waals surface area contributed by atoms with Crippen LogP contribution in [0.2, 0.25) is 0 Å². The molecule has 2 aromatic heterocycles. The molecular weight excluding hydrogens is 465 g/mol. The first-order valence-corrected chi connectivity index (χ1v) is 12.6. The molecule has 0 saturated carbocycles. The molecule has 0 aliphatic rings. The molecule has 0 radical (unpaired) electrons. The van der Waals surface area contributed by atoms with Crippen molar-refractivity contribution in [2.45, 2.75) is 32.6 Å². The van der Waals surface area contributed by atoms with Crippen LogP contribution in [0.1, 0.15) is 49.3 Å². The van der Waals surface area contributed by atoms with Crippen molar-refractivity contribution in [3.8, 4) is 5.88 Å². The third-order valence-electron chi connectivity index (χ3n) is 6.25. The molecule has 0 atom stereocenters. The highest BCUT2D eigenvalue weighted by Gasteiger charge is 2.15. The molecule has 2 aromatic carbocycles. The number of hydrogen-bond donors (Lipinski definition) is 2. The Bertz CT molecular complexity index is 1390. The third kappa shape index (κ3) is 6.53. The molecule has 6 heteroatoms. The van der Waals surface area contributed by atoms with Crippen molar-refractivity contribution < 1.29 is 13.9 Å². The number of benzene rings is 2. The van der Waals surface area contributed by atoms with Crippen LogP contribution in [-0.2, 0) is 4.79 Å². The van der Waals surface area contributed by atoms with Crippen molar-refractivity contribution in [2.75, 3.05) is 13.7 Å². The third-order valence-corrected chi connectivity index (χ3v) is 6.25. The summed E-state index contributed by atoms with van der Waals surface area (Å²) in [6, 6.07) is 20.0. The number of pyridine rings is 1. The minimum Gasteiger partial charge on any atom is -0.478 e. The van der Waals surface area contributed by atoms with Crippen molar-refractivity contribution in [1.29, 1.82) is 0 Å². The number of aromatic nitrogens is 2. The molecule has 0 saturated heterocycles. The van der Waals surface area contributed by atoms with Gasteiger partial charge in [0.05, 0.1) is 6.61 Å². The van der Waals surface area contributed by atoms with Gasteiger partial charge in [-0.2, -0.15) is 0 Å². The van der Waals surface area contributed by atoms with E-state index in [4.69, 9.17) is 4.74 Å². The summed E-state index contributed by atoms with van der Waals surface area (Å²) in [5.41, 5.74) is 5.97. The van der Waals surface area contributed by atoms with Crippen molar-refractivity contribution in [2.24, 2.45) is 0 Å². The molecule has 0 spiro atoms. The van der Waals surface area contributed by atoms with E-state index in [1.807, 2.05) is 60.8 Å². The zero-order valence-corrected chi connectivity index (χ0v) is 21.3. The predicted molar refractivity (Wildman–Crippen MR) is 148 cm³/mol. The Morgan fingerprint density at radius 1 is 1.05 bits per heavy atom. The van der Waals surface area contributed by atoms with E-state index in [-0.39, 0.29) is 11.7 Å². The number of nitrogens with one attached hydrogen (secondary N) is 2. The number of rotatable bonds is 11. The van der Waals surface area contributed by atoms with E-state index in [9.17, 15) is 9.18 Å². The van der Waals surface area contributed by atoms with Crippen LogP contribution in [-0.4, -0.2) is 29.5 Å². The normalized spacial score (nSPS) is 12.1. The van der Waals surface area contributed by atoms with Gasteiger partial charge in [0.15, 0.2) is 0 Å². The number of allylic oxidation sites excluding steroid dienone is 2. The largest absolute Gasteiger partial charge is 0.478 e. The van der Waals surface area contributed by atoms with Gasteiger partial charge in [0.1, 0.15) is 5.82 Å². The van der Waals surface area contributed by atoms with Gasteiger partial charge >= 0.3 is 0 Å². The monoisotopic (exact) mass is 497 g/mol. The molecule has 0 bridgehead atoms. The summed E-state index contributed by atoms with van der Waals surface area (Å²) >= 11 is 0. The number of H-pyrrole nitrogens is 1. The van der Waals surface area contributed by atoms with E-state index in [2.05, 4.69) is 34.3 Å². The van der Waals surface area contributed by atoms with Crippen LogP contribution in [0.25, 0.3) is 22.0 Å². The summed E-state index contributed by atoms with van der Waals surface area (Å²) < 4.78 is 20.3. The summed E-state index contributed by atoms with van der Waals surface area (Å²) in [5.74, 6) is 0.208. The number of carbonyl (C=O) groups excluding carboxylic acids is 1. The van der Waals surface area contributed by atoms with Gasteiger partial charge in [0.25, 0.3) is 0 Å². The fourth-order valence-electron chi connectivity index (χ4n) is 4.35. The molecule has 1 amide bonds. The van der Waals surface area contributed by atoms with Crippen molar-refractivity contribution in [1.82, 2.24) is 15.3 Å². The Balaban J connectivity index is 1.56. The summed E-state index contributed by atoms with van der Waals surface area (Å²) in [6.45, 7) is 2.68. The summed E-state index contributed by atoms with van der Waals surface area (Å²) in [7, 11) is 1.61. The van der Waals surface area contributed by atoms with Crippen LogP contribution in [0.4, 0.5) is 4.39 Å². The van der Waals surface area contributed by atoms with Crippen molar-refractivity contribution in [3.63, 3.8) is 0 Å². The van der Waals surface area contributed by atoms with Crippen LogP contribution in [0.5, 0.6) is 5.88 Å². The Hall–Kier alpha value is -4.19. The number of fused-ring (bicyclic) bond motifs is 1.